The fraction of sp³-hybridized carbons (Fsp3) is 0.370. The minimum absolute atomic E-state index is 0.0659. The number of allylic oxidation sites excluding steroid dienone is 4. The lowest BCUT2D eigenvalue weighted by Gasteiger charge is -2.40. The summed E-state index contributed by atoms with van der Waals surface area (Å²) < 4.78 is 11.0. The number of methoxy groups -OCH3 is 1. The van der Waals surface area contributed by atoms with Crippen LogP contribution in [0, 0.1) is 6.92 Å². The lowest BCUT2D eigenvalue weighted by molar-refractivity contribution is -0.117. The quantitative estimate of drug-likeness (QED) is 0.589. The van der Waals surface area contributed by atoms with Gasteiger partial charge < -0.3 is 14.4 Å². The first-order valence-corrected chi connectivity index (χ1v) is 11.6. The van der Waals surface area contributed by atoms with Crippen LogP contribution in [0.15, 0.2) is 48.2 Å². The van der Waals surface area contributed by atoms with E-state index in [2.05, 4.69) is 24.1 Å². The summed E-state index contributed by atoms with van der Waals surface area (Å²) in [6, 6.07) is 7.45. The van der Waals surface area contributed by atoms with Crippen LogP contribution in [0.25, 0.3) is 5.57 Å². The van der Waals surface area contributed by atoms with Crippen molar-refractivity contribution in [1.29, 1.82) is 0 Å². The highest BCUT2D eigenvalue weighted by atomic mass is 16.6. The van der Waals surface area contributed by atoms with Crippen molar-refractivity contribution in [2.45, 2.75) is 53.0 Å². The number of fused-ring (bicyclic) bond motifs is 1. The summed E-state index contributed by atoms with van der Waals surface area (Å²) in [5, 5.41) is 0. The zero-order valence-electron chi connectivity index (χ0n) is 20.4. The predicted octanol–water partition coefficient (Wildman–Crippen LogP) is 5.67. The van der Waals surface area contributed by atoms with E-state index in [1.54, 1.807) is 29.0 Å². The summed E-state index contributed by atoms with van der Waals surface area (Å²) >= 11 is 0. The molecular weight excluding hydrogens is 430 g/mol. The summed E-state index contributed by atoms with van der Waals surface area (Å²) in [5.41, 5.74) is 5.67. The number of hydrogen-bond donors (Lipinski definition) is 0. The van der Waals surface area contributed by atoms with E-state index in [1.807, 2.05) is 32.0 Å². The molecule has 0 radical (unpaired) electrons. The number of rotatable bonds is 3. The third-order valence-electron chi connectivity index (χ3n) is 6.30. The molecule has 178 valence electrons. The molecule has 7 nitrogen and oxygen atoms in total. The van der Waals surface area contributed by atoms with Crippen LogP contribution >= 0.6 is 0 Å². The van der Waals surface area contributed by atoms with Crippen molar-refractivity contribution in [3.63, 3.8) is 0 Å². The van der Waals surface area contributed by atoms with E-state index in [0.29, 0.717) is 17.9 Å². The Bertz CT molecular complexity index is 1180. The number of carbonyl (C=O) groups is 2. The molecule has 0 bridgehead atoms. The van der Waals surface area contributed by atoms with Crippen LogP contribution in [0.2, 0.25) is 0 Å². The number of aromatic nitrogens is 1. The Hall–Kier alpha value is -3.61. The number of aryl methyl sites for hydroxylation is 1. The van der Waals surface area contributed by atoms with Gasteiger partial charge in [-0.25, -0.2) is 9.78 Å². The van der Waals surface area contributed by atoms with Crippen molar-refractivity contribution in [1.82, 2.24) is 4.98 Å². The molecule has 2 aromatic rings. The molecule has 0 saturated heterocycles. The Morgan fingerprint density at radius 2 is 1.94 bits per heavy atom. The zero-order valence-corrected chi connectivity index (χ0v) is 20.4. The van der Waals surface area contributed by atoms with Crippen LogP contribution in [-0.2, 0) is 4.79 Å². The molecule has 2 aliphatic rings. The van der Waals surface area contributed by atoms with Gasteiger partial charge in [-0.15, -0.1) is 0 Å². The van der Waals surface area contributed by atoms with E-state index in [9.17, 15) is 9.59 Å². The molecule has 0 saturated carbocycles. The first-order chi connectivity index (χ1) is 16.3. The van der Waals surface area contributed by atoms with Gasteiger partial charge in [0.05, 0.1) is 24.5 Å². The second-order valence-electron chi connectivity index (χ2n) is 8.93. The highest BCUT2D eigenvalue weighted by Gasteiger charge is 2.35. The smallest absolute Gasteiger partial charge is 0.420 e. The van der Waals surface area contributed by atoms with E-state index < -0.39 is 6.09 Å². The van der Waals surface area contributed by atoms with Crippen molar-refractivity contribution in [2.24, 2.45) is 0 Å². The molecule has 0 unspecified atom stereocenters. The Kier molecular flexibility index (Phi) is 6.72. The topological polar surface area (TPSA) is 72.0 Å². The lowest BCUT2D eigenvalue weighted by Crippen LogP contribution is -2.52. The van der Waals surface area contributed by atoms with Gasteiger partial charge >= 0.3 is 6.09 Å². The first-order valence-electron chi connectivity index (χ1n) is 11.6. The van der Waals surface area contributed by atoms with E-state index in [1.165, 1.54) is 12.7 Å². The molecule has 0 spiro atoms. The zero-order chi connectivity index (χ0) is 24.4. The van der Waals surface area contributed by atoms with Crippen LogP contribution < -0.4 is 19.3 Å². The number of carbonyl (C=O) groups excluding carboxylic acids is 2. The molecule has 1 aliphatic carbocycles. The molecule has 7 heteroatoms. The number of pyridine rings is 1. The number of anilines is 2. The van der Waals surface area contributed by atoms with Crippen molar-refractivity contribution in [2.75, 3.05) is 23.5 Å². The van der Waals surface area contributed by atoms with Crippen LogP contribution in [-0.4, -0.2) is 36.7 Å². The second kappa shape index (κ2) is 9.71. The molecule has 0 fully saturated rings. The number of nitrogens with zero attached hydrogens (tertiary/aromatic N) is 3. The largest absolute Gasteiger partial charge is 0.478 e. The van der Waals surface area contributed by atoms with Gasteiger partial charge in [-0.1, -0.05) is 23.8 Å². The summed E-state index contributed by atoms with van der Waals surface area (Å²) in [6.07, 6.45) is 8.66. The molecule has 1 aromatic heterocycles. The third kappa shape index (κ3) is 4.55. The van der Waals surface area contributed by atoms with Crippen LogP contribution in [0.3, 0.4) is 0 Å². The summed E-state index contributed by atoms with van der Waals surface area (Å²) in [5.74, 6) is 0.439. The van der Waals surface area contributed by atoms with Crippen molar-refractivity contribution in [3.8, 4) is 11.6 Å². The molecule has 1 aliphatic heterocycles. The molecule has 0 N–H and O–H groups in total. The summed E-state index contributed by atoms with van der Waals surface area (Å²) in [6.45, 7) is 7.80. The Labute approximate surface area is 200 Å². The molecule has 1 atom stereocenters. The fourth-order valence-electron chi connectivity index (χ4n) is 4.66. The van der Waals surface area contributed by atoms with Gasteiger partial charge in [-0.05, 0) is 74.9 Å². The minimum Gasteiger partial charge on any atom is -0.478 e. The highest BCUT2D eigenvalue weighted by molar-refractivity contribution is 6.03. The second-order valence-corrected chi connectivity index (χ2v) is 8.93. The van der Waals surface area contributed by atoms with Crippen LogP contribution in [0.1, 0.15) is 51.2 Å². The van der Waals surface area contributed by atoms with E-state index in [0.717, 1.165) is 36.0 Å². The van der Waals surface area contributed by atoms with Gasteiger partial charge in [-0.3, -0.25) is 9.69 Å². The average molecular weight is 462 g/mol. The van der Waals surface area contributed by atoms with Crippen molar-refractivity contribution in [3.05, 3.63) is 59.3 Å². The number of ether oxygens (including phenoxy) is 2. The van der Waals surface area contributed by atoms with Crippen LogP contribution in [0.5, 0.6) is 11.6 Å². The third-order valence-corrected chi connectivity index (χ3v) is 6.30. The molecular formula is C27H31N3O4. The Morgan fingerprint density at radius 1 is 1.15 bits per heavy atom. The van der Waals surface area contributed by atoms with Gasteiger partial charge in [-0.2, -0.15) is 0 Å². The maximum atomic E-state index is 13.4. The normalized spacial score (nSPS) is 17.9. The van der Waals surface area contributed by atoms with Gasteiger partial charge in [0.2, 0.25) is 5.91 Å². The first kappa shape index (κ1) is 23.5. The predicted molar refractivity (Wildman–Crippen MR) is 134 cm³/mol. The molecule has 4 rings (SSSR count). The standard InChI is InChI=1S/C27H31N3O4/c1-17-13-25(26(33-5)28-15-17)34-27(32)29-16-19(3)30(20(4)31)23-12-11-21(14-24(23)29)22-10-8-6-7-9-18(22)2/h8,10-15,19H,6-7,9,16H2,1-5H3/t19-/m0/s1. The van der Waals surface area contributed by atoms with Gasteiger partial charge in [0.15, 0.2) is 5.75 Å². The maximum Gasteiger partial charge on any atom is 0.420 e. The molecule has 2 heterocycles. The van der Waals surface area contributed by atoms with Gasteiger partial charge in [0, 0.05) is 19.7 Å². The molecule has 1 aromatic carbocycles. The van der Waals surface area contributed by atoms with E-state index in [4.69, 9.17) is 9.47 Å². The Morgan fingerprint density at radius 3 is 2.68 bits per heavy atom. The van der Waals surface area contributed by atoms with E-state index in [-0.39, 0.29) is 23.6 Å². The molecule has 2 amide bonds. The van der Waals surface area contributed by atoms with Crippen LogP contribution in [0.4, 0.5) is 16.2 Å². The number of hydrogen-bond acceptors (Lipinski definition) is 5. The van der Waals surface area contributed by atoms with Crippen molar-refractivity contribution < 1.29 is 19.1 Å². The summed E-state index contributed by atoms with van der Waals surface area (Å²) in [4.78, 5) is 33.5. The maximum absolute atomic E-state index is 13.4. The number of benzene rings is 1. The minimum atomic E-state index is -0.540. The highest BCUT2D eigenvalue weighted by Crippen LogP contribution is 2.40. The fourth-order valence-corrected chi connectivity index (χ4v) is 4.66. The molecule has 34 heavy (non-hydrogen) atoms. The van der Waals surface area contributed by atoms with Gasteiger partial charge in [0.1, 0.15) is 0 Å². The van der Waals surface area contributed by atoms with Gasteiger partial charge in [0.25, 0.3) is 5.88 Å². The number of amides is 2. The average Bonchev–Trinajstić information content (AvgIpc) is 3.02. The summed E-state index contributed by atoms with van der Waals surface area (Å²) in [7, 11) is 1.49. The lowest BCUT2D eigenvalue weighted by atomic mass is 9.96. The van der Waals surface area contributed by atoms with E-state index >= 15 is 0 Å². The SMILES string of the molecule is COc1ncc(C)cc1OC(=O)N1C[C@H](C)N(C(C)=O)c2ccc(C3=C(C)CCCC=C3)cc21. The Balaban J connectivity index is 1.78. The monoisotopic (exact) mass is 461 g/mol. The van der Waals surface area contributed by atoms with Crippen molar-refractivity contribution >= 4 is 28.9 Å².